The molecule has 0 saturated heterocycles. The van der Waals surface area contributed by atoms with Gasteiger partial charge in [-0.25, -0.2) is 0 Å². The molecule has 0 aromatic heterocycles. The molecule has 10 nitrogen and oxygen atoms in total. The second-order valence-electron chi connectivity index (χ2n) is 4.27. The quantitative estimate of drug-likeness (QED) is 0.132. The first-order valence-corrected chi connectivity index (χ1v) is 12.9. The molecule has 0 rings (SSSR count). The normalized spacial score (nSPS) is 13.9. The van der Waals surface area contributed by atoms with E-state index in [-0.39, 0.29) is 62.5 Å². The Balaban J connectivity index is 0. The number of carbonyl (C=O) groups is 2. The van der Waals surface area contributed by atoms with E-state index in [9.17, 15) is 19.3 Å². The summed E-state index contributed by atoms with van der Waals surface area (Å²) < 4.78 is 44.9. The van der Waals surface area contributed by atoms with Crippen molar-refractivity contribution in [1.82, 2.24) is 0 Å². The molecule has 0 fully saturated rings. The number of aldehydes is 2. The van der Waals surface area contributed by atoms with Crippen LogP contribution < -0.4 is 0 Å². The minimum Gasteiger partial charge on any atom is -0.378 e. The van der Waals surface area contributed by atoms with Crippen molar-refractivity contribution in [2.45, 2.75) is 11.7 Å². The number of halogens is 4. The van der Waals surface area contributed by atoms with E-state index in [0.29, 0.717) is 0 Å². The van der Waals surface area contributed by atoms with E-state index >= 15 is 0 Å². The van der Waals surface area contributed by atoms with Crippen LogP contribution in [-0.4, -0.2) is 84.4 Å². The van der Waals surface area contributed by atoms with Crippen LogP contribution in [0.2, 0.25) is 0 Å². The van der Waals surface area contributed by atoms with Crippen molar-refractivity contribution in [3.63, 3.8) is 0 Å². The fraction of sp³-hybridized carbons (Fsp3) is 0.833. The van der Waals surface area contributed by atoms with Crippen LogP contribution in [0.4, 0.5) is 0 Å². The van der Waals surface area contributed by atoms with Gasteiger partial charge < -0.3 is 28.3 Å². The molecule has 0 spiro atoms. The van der Waals surface area contributed by atoms with Crippen molar-refractivity contribution < 1.29 is 47.0 Å². The molecule has 0 amide bonds. The van der Waals surface area contributed by atoms with Gasteiger partial charge in [-0.15, -0.1) is 46.4 Å². The van der Waals surface area contributed by atoms with E-state index in [4.69, 9.17) is 74.1 Å². The summed E-state index contributed by atoms with van der Waals surface area (Å²) >= 11 is 21.8. The van der Waals surface area contributed by atoms with Crippen LogP contribution in [0.15, 0.2) is 0 Å². The summed E-state index contributed by atoms with van der Waals surface area (Å²) in [6.45, 7) is -0.999. The van der Waals surface area contributed by atoms with Crippen molar-refractivity contribution in [3.05, 3.63) is 0 Å². The predicted octanol–water partition coefficient (Wildman–Crippen LogP) is 2.42. The molecule has 168 valence electrons. The smallest absolute Gasteiger partial charge is 0.362 e. The van der Waals surface area contributed by atoms with Crippen LogP contribution in [0.25, 0.3) is 0 Å². The fourth-order valence-electron chi connectivity index (χ4n) is 1.35. The summed E-state index contributed by atoms with van der Waals surface area (Å²) in [5.74, 6) is -4.67. The SMILES string of the molecule is O=CC=O.O=P(OCCCl)(OCCCl)C(O)C(O)P(=O)(OCCCl)OCCCl. The van der Waals surface area contributed by atoms with Crippen molar-refractivity contribution in [2.24, 2.45) is 0 Å². The molecule has 0 radical (unpaired) electrons. The molecule has 0 bridgehead atoms. The average molecular weight is 530 g/mol. The van der Waals surface area contributed by atoms with Crippen LogP contribution in [-0.2, 0) is 36.8 Å². The summed E-state index contributed by atoms with van der Waals surface area (Å²) in [6.07, 6.45) is 0.389. The standard InChI is InChI=1S/C10H20Cl4O8P2.C2H2O2/c11-1-5-19-23(17,20-6-2-12)9(15)10(16)24(18,21-7-3-13)22-8-4-14;3-1-2-4/h9-10,15-16H,1-8H2;1-2H. The van der Waals surface area contributed by atoms with Crippen LogP contribution in [0.3, 0.4) is 0 Å². The summed E-state index contributed by atoms with van der Waals surface area (Å²) in [7, 11) is -8.64. The summed E-state index contributed by atoms with van der Waals surface area (Å²) in [4.78, 5) is 17.6. The molecule has 2 atom stereocenters. The first-order chi connectivity index (χ1) is 13.2. The van der Waals surface area contributed by atoms with Gasteiger partial charge >= 0.3 is 15.2 Å². The van der Waals surface area contributed by atoms with Crippen molar-refractivity contribution in [1.29, 1.82) is 0 Å². The minimum atomic E-state index is -4.32. The molecule has 0 aromatic rings. The Hall–Kier alpha value is 0.720. The van der Waals surface area contributed by atoms with Crippen LogP contribution >= 0.6 is 61.6 Å². The van der Waals surface area contributed by atoms with Gasteiger partial charge in [0.25, 0.3) is 0 Å². The third kappa shape index (κ3) is 12.4. The zero-order chi connectivity index (χ0) is 22.1. The molecule has 2 N–H and O–H groups in total. The lowest BCUT2D eigenvalue weighted by molar-refractivity contribution is -0.122. The van der Waals surface area contributed by atoms with Gasteiger partial charge in [0.1, 0.15) is 0 Å². The number of rotatable bonds is 16. The molecular formula is C12H22Cl4O10P2. The van der Waals surface area contributed by atoms with Gasteiger partial charge in [-0.2, -0.15) is 0 Å². The Morgan fingerprint density at radius 1 is 0.643 bits per heavy atom. The van der Waals surface area contributed by atoms with Crippen LogP contribution in [0.5, 0.6) is 0 Å². The summed E-state index contributed by atoms with van der Waals surface area (Å²) in [5, 5.41) is 20.4. The largest absolute Gasteiger partial charge is 0.378 e. The van der Waals surface area contributed by atoms with Gasteiger partial charge in [-0.05, 0) is 0 Å². The summed E-state index contributed by atoms with van der Waals surface area (Å²) in [5.41, 5.74) is 0. The lowest BCUT2D eigenvalue weighted by Gasteiger charge is -2.30. The number of hydrogen-bond acceptors (Lipinski definition) is 10. The van der Waals surface area contributed by atoms with Gasteiger partial charge in [0.15, 0.2) is 24.3 Å². The Labute approximate surface area is 182 Å². The second kappa shape index (κ2) is 18.5. The zero-order valence-electron chi connectivity index (χ0n) is 14.5. The van der Waals surface area contributed by atoms with E-state index < -0.39 is 26.9 Å². The third-order valence-corrected chi connectivity index (χ3v) is 7.25. The third-order valence-electron chi connectivity index (χ3n) is 2.36. The lowest BCUT2D eigenvalue weighted by Crippen LogP contribution is -2.30. The molecule has 0 aliphatic rings. The Morgan fingerprint density at radius 2 is 0.857 bits per heavy atom. The second-order valence-corrected chi connectivity index (χ2v) is 10.0. The molecule has 0 saturated carbocycles. The Morgan fingerprint density at radius 3 is 1.00 bits per heavy atom. The lowest BCUT2D eigenvalue weighted by atomic mass is 10.8. The Kier molecular flexibility index (Phi) is 20.4. The van der Waals surface area contributed by atoms with Crippen molar-refractivity contribution in [2.75, 3.05) is 49.9 Å². The minimum absolute atomic E-state index is 0.0554. The average Bonchev–Trinajstić information content (AvgIpc) is 2.72. The van der Waals surface area contributed by atoms with E-state index in [1.54, 1.807) is 0 Å². The number of alkyl halides is 4. The monoisotopic (exact) mass is 528 g/mol. The highest BCUT2D eigenvalue weighted by Crippen LogP contribution is 2.62. The molecule has 0 aliphatic carbocycles. The number of carbonyl (C=O) groups excluding carboxylic acids is 2. The maximum atomic E-state index is 12.6. The molecule has 28 heavy (non-hydrogen) atoms. The highest BCUT2D eigenvalue weighted by Gasteiger charge is 2.50. The first-order valence-electron chi connectivity index (χ1n) is 7.49. The van der Waals surface area contributed by atoms with Gasteiger partial charge in [0.2, 0.25) is 0 Å². The molecule has 0 aliphatic heterocycles. The van der Waals surface area contributed by atoms with E-state index in [1.165, 1.54) is 0 Å². The van der Waals surface area contributed by atoms with Crippen LogP contribution in [0, 0.1) is 0 Å². The molecule has 2 unspecified atom stereocenters. The van der Waals surface area contributed by atoms with Gasteiger partial charge in [0.05, 0.1) is 26.4 Å². The van der Waals surface area contributed by atoms with E-state index in [2.05, 4.69) is 0 Å². The van der Waals surface area contributed by atoms with E-state index in [1.807, 2.05) is 0 Å². The van der Waals surface area contributed by atoms with Crippen molar-refractivity contribution >= 4 is 74.2 Å². The first kappa shape index (κ1) is 30.9. The molecular weight excluding hydrogens is 508 g/mol. The fourth-order valence-corrected chi connectivity index (χ4v) is 5.87. The number of aliphatic hydroxyl groups is 2. The number of aliphatic hydroxyl groups excluding tert-OH is 2. The highest BCUT2D eigenvalue weighted by atomic mass is 35.5. The van der Waals surface area contributed by atoms with E-state index in [0.717, 1.165) is 0 Å². The molecule has 0 heterocycles. The molecule has 16 heteroatoms. The highest BCUT2D eigenvalue weighted by molar-refractivity contribution is 7.58. The maximum absolute atomic E-state index is 12.6. The topological polar surface area (TPSA) is 146 Å². The molecule has 0 aromatic carbocycles. The van der Waals surface area contributed by atoms with Gasteiger partial charge in [0, 0.05) is 23.5 Å². The van der Waals surface area contributed by atoms with Gasteiger partial charge in [-0.1, -0.05) is 0 Å². The maximum Gasteiger partial charge on any atom is 0.362 e. The Bertz CT molecular complexity index is 445. The number of hydrogen-bond donors (Lipinski definition) is 2. The van der Waals surface area contributed by atoms with Crippen LogP contribution in [0.1, 0.15) is 0 Å². The predicted molar refractivity (Wildman–Crippen MR) is 106 cm³/mol. The summed E-state index contributed by atoms with van der Waals surface area (Å²) in [6, 6.07) is 0. The van der Waals surface area contributed by atoms with Gasteiger partial charge in [-0.3, -0.25) is 18.7 Å². The zero-order valence-corrected chi connectivity index (χ0v) is 19.3. The van der Waals surface area contributed by atoms with Crippen molar-refractivity contribution in [3.8, 4) is 0 Å².